The largest absolute Gasteiger partial charge is 0.418 e. The van der Waals surface area contributed by atoms with Crippen LogP contribution in [0, 0.1) is 10.1 Å². The van der Waals surface area contributed by atoms with Gasteiger partial charge >= 0.3 is 11.4 Å². The molecule has 1 aliphatic heterocycles. The molecule has 3 heterocycles. The molecular formula is C10H12N6O8. The molecule has 0 bridgehead atoms. The zero-order valence-corrected chi connectivity index (χ0v) is 11.8. The molecule has 14 heteroatoms. The zero-order valence-electron chi connectivity index (χ0n) is 11.8. The van der Waals surface area contributed by atoms with E-state index < -0.39 is 65.2 Å². The first kappa shape index (κ1) is 16.3. The molecule has 2 aromatic rings. The predicted molar refractivity (Wildman–Crippen MR) is 71.5 cm³/mol. The first-order chi connectivity index (χ1) is 11.4. The van der Waals surface area contributed by atoms with Crippen LogP contribution in [0.5, 0.6) is 0 Å². The lowest BCUT2D eigenvalue weighted by Gasteiger charge is -2.15. The van der Waals surface area contributed by atoms with Crippen LogP contribution in [0.1, 0.15) is 6.23 Å². The number of fused-ring (bicyclic) bond motifs is 1. The van der Waals surface area contributed by atoms with Gasteiger partial charge in [0.25, 0.3) is 0 Å². The Kier molecular flexibility index (Phi) is 3.98. The summed E-state index contributed by atoms with van der Waals surface area (Å²) in [6.07, 6.45) is -5.68. The van der Waals surface area contributed by atoms with Gasteiger partial charge in [0.2, 0.25) is 5.52 Å². The number of nitro groups is 1. The third-order valence-corrected chi connectivity index (χ3v) is 3.63. The van der Waals surface area contributed by atoms with Gasteiger partial charge in [-0.3, -0.25) is 4.79 Å². The quantitative estimate of drug-likeness (QED) is 0.316. The van der Waals surface area contributed by atoms with Crippen molar-refractivity contribution in [1.29, 1.82) is 0 Å². The van der Waals surface area contributed by atoms with Gasteiger partial charge in [0.15, 0.2) is 18.5 Å². The fourth-order valence-corrected chi connectivity index (χ4v) is 2.46. The Morgan fingerprint density at radius 1 is 1.29 bits per heavy atom. The maximum atomic E-state index is 12.5. The van der Waals surface area contributed by atoms with Gasteiger partial charge < -0.3 is 35.3 Å². The second-order valence-electron chi connectivity index (χ2n) is 4.99. The monoisotopic (exact) mass is 344 g/mol. The number of aliphatic hydroxyl groups is 4. The predicted octanol–water partition coefficient (Wildman–Crippen LogP) is -3.54. The minimum Gasteiger partial charge on any atom is -0.394 e. The molecule has 130 valence electrons. The number of hydrogen-bond acceptors (Lipinski definition) is 11. The molecule has 14 nitrogen and oxygen atoms in total. The molecule has 1 saturated heterocycles. The summed E-state index contributed by atoms with van der Waals surface area (Å²) in [5, 5.41) is 59.3. The fraction of sp³-hybridized carbons (Fsp3) is 0.600. The minimum atomic E-state index is -1.59. The van der Waals surface area contributed by atoms with E-state index in [0.717, 1.165) is 0 Å². The molecule has 0 radical (unpaired) electrons. The highest BCUT2D eigenvalue weighted by Gasteiger charge is 2.45. The summed E-state index contributed by atoms with van der Waals surface area (Å²) in [6.45, 7) is -1.44. The Balaban J connectivity index is 2.16. The summed E-state index contributed by atoms with van der Waals surface area (Å²) < 4.78 is 6.38. The Bertz CT molecular complexity index is 848. The fourth-order valence-electron chi connectivity index (χ4n) is 2.46. The number of hydrogen-bond donors (Lipinski definition) is 4. The molecule has 3 rings (SSSR count). The first-order valence-corrected chi connectivity index (χ1v) is 6.64. The van der Waals surface area contributed by atoms with Gasteiger partial charge in [-0.25, -0.2) is 0 Å². The van der Waals surface area contributed by atoms with Gasteiger partial charge in [-0.1, -0.05) is 5.21 Å². The van der Waals surface area contributed by atoms with Crippen LogP contribution in [-0.4, -0.2) is 75.0 Å². The molecule has 4 N–H and O–H groups in total. The molecule has 1 aliphatic rings. The lowest BCUT2D eigenvalue weighted by molar-refractivity contribution is -0.388. The summed E-state index contributed by atoms with van der Waals surface area (Å²) in [5.41, 5.74) is -1.84. The van der Waals surface area contributed by atoms with Crippen LogP contribution in [0.2, 0.25) is 0 Å². The number of aliphatic hydroxyl groups excluding tert-OH is 4. The van der Waals surface area contributed by atoms with E-state index >= 15 is 0 Å². The molecule has 1 fully saturated rings. The van der Waals surface area contributed by atoms with E-state index in [1.807, 2.05) is 0 Å². The maximum Gasteiger partial charge on any atom is 0.418 e. The molecule has 0 spiro atoms. The molecule has 24 heavy (non-hydrogen) atoms. The smallest absolute Gasteiger partial charge is 0.394 e. The summed E-state index contributed by atoms with van der Waals surface area (Å²) >= 11 is 0. The lowest BCUT2D eigenvalue weighted by Crippen LogP contribution is -2.37. The lowest BCUT2D eigenvalue weighted by atomic mass is 10.1. The highest BCUT2D eigenvalue weighted by Crippen LogP contribution is 2.28. The molecule has 4 unspecified atom stereocenters. The van der Waals surface area contributed by atoms with E-state index in [1.54, 1.807) is 0 Å². The summed E-state index contributed by atoms with van der Waals surface area (Å²) in [5.74, 6) is -0.767. The van der Waals surface area contributed by atoms with Gasteiger partial charge in [0, 0.05) is 0 Å². The Morgan fingerprint density at radius 2 is 2.00 bits per heavy atom. The van der Waals surface area contributed by atoms with Gasteiger partial charge in [-0.2, -0.15) is 4.68 Å². The average molecular weight is 344 g/mol. The second-order valence-corrected chi connectivity index (χ2v) is 4.99. The van der Waals surface area contributed by atoms with Crippen molar-refractivity contribution in [2.75, 3.05) is 6.61 Å². The third kappa shape index (κ3) is 2.24. The average Bonchev–Trinajstić information content (AvgIpc) is 3.08. The minimum absolute atomic E-state index is 0.420. The van der Waals surface area contributed by atoms with Crippen LogP contribution in [-0.2, 0) is 11.5 Å². The van der Waals surface area contributed by atoms with Crippen molar-refractivity contribution in [2.24, 2.45) is 0 Å². The van der Waals surface area contributed by atoms with Crippen LogP contribution in [0.15, 0.2) is 4.79 Å². The van der Waals surface area contributed by atoms with Gasteiger partial charge in [0.05, 0.1) is 11.7 Å². The zero-order chi connectivity index (χ0) is 17.6. The van der Waals surface area contributed by atoms with Crippen LogP contribution in [0.4, 0.5) is 5.82 Å². The van der Waals surface area contributed by atoms with Crippen molar-refractivity contribution in [3.8, 4) is 0 Å². The Hall–Kier alpha value is -2.52. The van der Waals surface area contributed by atoms with Gasteiger partial charge in [-0.05, 0) is 4.92 Å². The molecule has 4 atom stereocenters. The SMILES string of the molecule is O=c1c2c(nnn1C1OC(CO)C(O)C1O)c([N+](=O)[O-])nn2CO. The van der Waals surface area contributed by atoms with E-state index in [-0.39, 0.29) is 0 Å². The number of aromatic nitrogens is 5. The van der Waals surface area contributed by atoms with E-state index in [1.165, 1.54) is 0 Å². The summed E-state index contributed by atoms with van der Waals surface area (Å²) in [6, 6.07) is 0. The van der Waals surface area contributed by atoms with Gasteiger partial charge in [0.1, 0.15) is 18.3 Å². The molecule has 0 saturated carbocycles. The Morgan fingerprint density at radius 3 is 2.54 bits per heavy atom. The summed E-state index contributed by atoms with van der Waals surface area (Å²) in [7, 11) is 0. The van der Waals surface area contributed by atoms with Crippen molar-refractivity contribution >= 4 is 16.9 Å². The highest BCUT2D eigenvalue weighted by molar-refractivity contribution is 5.81. The molecular weight excluding hydrogens is 332 g/mol. The number of rotatable bonds is 4. The van der Waals surface area contributed by atoms with Crippen LogP contribution >= 0.6 is 0 Å². The molecule has 0 aromatic carbocycles. The second kappa shape index (κ2) is 5.84. The first-order valence-electron chi connectivity index (χ1n) is 6.64. The van der Waals surface area contributed by atoms with Crippen molar-refractivity contribution in [2.45, 2.75) is 31.3 Å². The molecule has 2 aromatic heterocycles. The van der Waals surface area contributed by atoms with Gasteiger partial charge in [-0.15, -0.1) is 9.78 Å². The number of ether oxygens (including phenoxy) is 1. The van der Waals surface area contributed by atoms with E-state index in [0.29, 0.717) is 9.36 Å². The molecule has 0 aliphatic carbocycles. The summed E-state index contributed by atoms with van der Waals surface area (Å²) in [4.78, 5) is 22.5. The van der Waals surface area contributed by atoms with Crippen molar-refractivity contribution in [3.05, 3.63) is 20.5 Å². The van der Waals surface area contributed by atoms with Crippen molar-refractivity contribution in [1.82, 2.24) is 24.8 Å². The normalized spacial score (nSPS) is 27.0. The number of nitrogens with zero attached hydrogens (tertiary/aromatic N) is 6. The van der Waals surface area contributed by atoms with Crippen LogP contribution in [0.3, 0.4) is 0 Å². The van der Waals surface area contributed by atoms with E-state index in [4.69, 9.17) is 9.84 Å². The van der Waals surface area contributed by atoms with E-state index in [2.05, 4.69) is 15.4 Å². The maximum absolute atomic E-state index is 12.5. The van der Waals surface area contributed by atoms with Crippen LogP contribution < -0.4 is 5.56 Å². The standard InChI is InChI=1S/C10H12N6O8/c17-1-3-6(19)7(20)10(24-3)15-9(21)5-4(11-13-15)8(16(22)23)12-14(5)2-18/h3,6-7,10,17-20H,1-2H2. The van der Waals surface area contributed by atoms with E-state index in [9.17, 15) is 30.2 Å². The van der Waals surface area contributed by atoms with Crippen LogP contribution in [0.25, 0.3) is 11.0 Å². The Labute approximate surface area is 131 Å². The topological polar surface area (TPSA) is 199 Å². The van der Waals surface area contributed by atoms with Crippen molar-refractivity contribution in [3.63, 3.8) is 0 Å². The van der Waals surface area contributed by atoms with Crippen molar-refractivity contribution < 1.29 is 30.1 Å². The highest BCUT2D eigenvalue weighted by atomic mass is 16.6. The third-order valence-electron chi connectivity index (χ3n) is 3.63. The molecule has 0 amide bonds.